The van der Waals surface area contributed by atoms with Gasteiger partial charge in [-0.05, 0) is 41.5 Å². The Bertz CT molecular complexity index is 808. The van der Waals surface area contributed by atoms with Gasteiger partial charge in [0.05, 0.1) is 6.42 Å². The van der Waals surface area contributed by atoms with Crippen molar-refractivity contribution < 1.29 is 19.2 Å². The van der Waals surface area contributed by atoms with Crippen LogP contribution in [0.1, 0.15) is 35.4 Å². The van der Waals surface area contributed by atoms with Crippen LogP contribution in [-0.4, -0.2) is 41.1 Å². The number of amides is 1. The van der Waals surface area contributed by atoms with Crippen molar-refractivity contribution in [2.75, 3.05) is 13.1 Å². The average Bonchev–Trinajstić information content (AvgIpc) is 2.68. The molecule has 4 N–H and O–H groups in total. The maximum Gasteiger partial charge on any atom is 0.491 e. The number of halogens is 1. The second kappa shape index (κ2) is 8.65. The summed E-state index contributed by atoms with van der Waals surface area (Å²) in [6.07, 6.45) is 1.89. The molecular formula is C20H24BFN2O3. The molecule has 0 aliphatic carbocycles. The average molecular weight is 370 g/mol. The van der Waals surface area contributed by atoms with Crippen molar-refractivity contribution in [3.8, 4) is 0 Å². The van der Waals surface area contributed by atoms with Gasteiger partial charge in [0.1, 0.15) is 5.82 Å². The van der Waals surface area contributed by atoms with E-state index in [2.05, 4.69) is 12.1 Å². The van der Waals surface area contributed by atoms with Crippen molar-refractivity contribution in [2.24, 2.45) is 5.73 Å². The van der Waals surface area contributed by atoms with Gasteiger partial charge < -0.3 is 20.7 Å². The lowest BCUT2D eigenvalue weighted by atomic mass is 9.79. The molecule has 3 rings (SSSR count). The van der Waals surface area contributed by atoms with Crippen LogP contribution in [0.25, 0.3) is 0 Å². The van der Waals surface area contributed by atoms with Crippen LogP contribution in [0.4, 0.5) is 4.39 Å². The Morgan fingerprint density at radius 1 is 1.15 bits per heavy atom. The van der Waals surface area contributed by atoms with Crippen LogP contribution in [0, 0.1) is 5.82 Å². The van der Waals surface area contributed by atoms with E-state index in [-0.39, 0.29) is 17.8 Å². The fourth-order valence-corrected chi connectivity index (χ4v) is 3.61. The third-order valence-electron chi connectivity index (χ3n) is 5.20. The van der Waals surface area contributed by atoms with E-state index in [1.165, 1.54) is 17.7 Å². The third-order valence-corrected chi connectivity index (χ3v) is 5.20. The van der Waals surface area contributed by atoms with Gasteiger partial charge in [-0.15, -0.1) is 0 Å². The first-order valence-corrected chi connectivity index (χ1v) is 9.19. The fraction of sp³-hybridized carbons (Fsp3) is 0.350. The third kappa shape index (κ3) is 4.74. The van der Waals surface area contributed by atoms with Gasteiger partial charge in [-0.3, -0.25) is 4.79 Å². The summed E-state index contributed by atoms with van der Waals surface area (Å²) in [7, 11) is -1.86. The quantitative estimate of drug-likeness (QED) is 0.683. The summed E-state index contributed by atoms with van der Waals surface area (Å²) >= 11 is 0. The number of benzene rings is 2. The highest BCUT2D eigenvalue weighted by Gasteiger charge is 2.24. The molecule has 1 fully saturated rings. The molecule has 1 amide bonds. The summed E-state index contributed by atoms with van der Waals surface area (Å²) in [6, 6.07) is 12.3. The summed E-state index contributed by atoms with van der Waals surface area (Å²) in [5.74, 6) is -0.335. The van der Waals surface area contributed by atoms with Gasteiger partial charge in [-0.25, -0.2) is 4.39 Å². The molecule has 1 aliphatic heterocycles. The Morgan fingerprint density at radius 3 is 2.52 bits per heavy atom. The molecule has 1 aliphatic rings. The highest BCUT2D eigenvalue weighted by molar-refractivity contribution is 6.58. The van der Waals surface area contributed by atoms with Crippen LogP contribution >= 0.6 is 0 Å². The van der Waals surface area contributed by atoms with E-state index in [1.807, 2.05) is 17.0 Å². The van der Waals surface area contributed by atoms with E-state index in [9.17, 15) is 9.18 Å². The first kappa shape index (κ1) is 19.5. The van der Waals surface area contributed by atoms with E-state index in [0.29, 0.717) is 31.1 Å². The molecule has 142 valence electrons. The maximum atomic E-state index is 13.8. The number of rotatable bonds is 5. The molecule has 2 aromatic rings. The van der Waals surface area contributed by atoms with E-state index < -0.39 is 12.9 Å². The summed E-state index contributed by atoms with van der Waals surface area (Å²) in [5, 5.41) is 18.1. The normalized spacial score (nSPS) is 15.0. The van der Waals surface area contributed by atoms with Crippen LogP contribution in [0.3, 0.4) is 0 Å². The van der Waals surface area contributed by atoms with Gasteiger partial charge >= 0.3 is 7.12 Å². The molecule has 1 saturated heterocycles. The van der Waals surface area contributed by atoms with E-state index in [1.54, 1.807) is 6.07 Å². The van der Waals surface area contributed by atoms with Crippen molar-refractivity contribution >= 4 is 18.5 Å². The SMILES string of the molecule is NCc1cccc(C2CCN(C(=O)Cc3ccc(B(O)O)c(F)c3)CC2)c1. The number of nitrogens with zero attached hydrogens (tertiary/aromatic N) is 1. The molecule has 0 spiro atoms. The maximum absolute atomic E-state index is 13.8. The molecule has 5 nitrogen and oxygen atoms in total. The van der Waals surface area contributed by atoms with Gasteiger partial charge in [-0.1, -0.05) is 36.4 Å². The highest BCUT2D eigenvalue weighted by atomic mass is 19.1. The highest BCUT2D eigenvalue weighted by Crippen LogP contribution is 2.28. The number of carbonyl (C=O) groups is 1. The Kier molecular flexibility index (Phi) is 6.26. The number of hydrogen-bond acceptors (Lipinski definition) is 4. The van der Waals surface area contributed by atoms with Crippen LogP contribution in [-0.2, 0) is 17.8 Å². The van der Waals surface area contributed by atoms with Crippen LogP contribution < -0.4 is 11.2 Å². The Morgan fingerprint density at radius 2 is 1.89 bits per heavy atom. The monoisotopic (exact) mass is 370 g/mol. The smallest absolute Gasteiger partial charge is 0.423 e. The second-order valence-electron chi connectivity index (χ2n) is 7.01. The minimum absolute atomic E-state index is 0.0409. The van der Waals surface area contributed by atoms with Crippen LogP contribution in [0.5, 0.6) is 0 Å². The number of carbonyl (C=O) groups excluding carboxylic acids is 1. The standard InChI is InChI=1S/C20H24BFN2O3/c22-19-11-14(4-5-18(19)21(26)27)12-20(25)24-8-6-16(7-9-24)17-3-1-2-15(10-17)13-23/h1-5,10-11,16,26-27H,6-9,12-13,23H2. The molecular weight excluding hydrogens is 346 g/mol. The van der Waals surface area contributed by atoms with Crippen LogP contribution in [0.2, 0.25) is 0 Å². The van der Waals surface area contributed by atoms with Crippen molar-refractivity contribution in [3.63, 3.8) is 0 Å². The van der Waals surface area contributed by atoms with Gasteiger partial charge in [0.2, 0.25) is 5.91 Å². The first-order valence-electron chi connectivity index (χ1n) is 9.19. The molecule has 0 saturated carbocycles. The zero-order valence-corrected chi connectivity index (χ0v) is 15.1. The lowest BCUT2D eigenvalue weighted by Gasteiger charge is -2.32. The summed E-state index contributed by atoms with van der Waals surface area (Å²) in [5.41, 5.74) is 8.44. The topological polar surface area (TPSA) is 86.8 Å². The molecule has 0 radical (unpaired) electrons. The molecule has 2 aromatic carbocycles. The molecule has 0 atom stereocenters. The molecule has 1 heterocycles. The van der Waals surface area contributed by atoms with Gasteiger partial charge in [0.25, 0.3) is 0 Å². The van der Waals surface area contributed by atoms with Crippen molar-refractivity contribution in [2.45, 2.75) is 31.7 Å². The number of piperidine rings is 1. The molecule has 7 heteroatoms. The predicted octanol–water partition coefficient (Wildman–Crippen LogP) is 0.913. The van der Waals surface area contributed by atoms with Gasteiger partial charge in [0, 0.05) is 25.1 Å². The van der Waals surface area contributed by atoms with Crippen molar-refractivity contribution in [1.29, 1.82) is 0 Å². The number of likely N-dealkylation sites (tertiary alicyclic amines) is 1. The van der Waals surface area contributed by atoms with Crippen LogP contribution in [0.15, 0.2) is 42.5 Å². The Hall–Kier alpha value is -2.22. The number of nitrogens with two attached hydrogens (primary N) is 1. The zero-order valence-electron chi connectivity index (χ0n) is 15.1. The molecule has 27 heavy (non-hydrogen) atoms. The lowest BCUT2D eigenvalue weighted by molar-refractivity contribution is -0.131. The predicted molar refractivity (Wildman–Crippen MR) is 103 cm³/mol. The van der Waals surface area contributed by atoms with Crippen molar-refractivity contribution in [1.82, 2.24) is 4.90 Å². The summed E-state index contributed by atoms with van der Waals surface area (Å²) < 4.78 is 13.8. The van der Waals surface area contributed by atoms with Gasteiger partial charge in [0.15, 0.2) is 0 Å². The molecule has 0 aromatic heterocycles. The summed E-state index contributed by atoms with van der Waals surface area (Å²) in [4.78, 5) is 14.3. The largest absolute Gasteiger partial charge is 0.491 e. The van der Waals surface area contributed by atoms with E-state index >= 15 is 0 Å². The number of hydrogen-bond donors (Lipinski definition) is 3. The molecule has 0 unspecified atom stereocenters. The molecule has 0 bridgehead atoms. The lowest BCUT2D eigenvalue weighted by Crippen LogP contribution is -2.39. The minimum Gasteiger partial charge on any atom is -0.423 e. The second-order valence-corrected chi connectivity index (χ2v) is 7.01. The minimum atomic E-state index is -1.86. The first-order chi connectivity index (χ1) is 13.0. The Balaban J connectivity index is 1.57. The summed E-state index contributed by atoms with van der Waals surface area (Å²) in [6.45, 7) is 1.87. The zero-order chi connectivity index (χ0) is 19.4. The van der Waals surface area contributed by atoms with Gasteiger partial charge in [-0.2, -0.15) is 0 Å². The van der Waals surface area contributed by atoms with E-state index in [4.69, 9.17) is 15.8 Å². The Labute approximate surface area is 158 Å². The van der Waals surface area contributed by atoms with E-state index in [0.717, 1.165) is 18.4 Å². The fourth-order valence-electron chi connectivity index (χ4n) is 3.61. The van der Waals surface area contributed by atoms with Crippen molar-refractivity contribution in [3.05, 3.63) is 65.0 Å².